The van der Waals surface area contributed by atoms with Crippen LogP contribution in [-0.4, -0.2) is 39.9 Å². The zero-order valence-electron chi connectivity index (χ0n) is 20.6. The molecule has 1 fully saturated rings. The van der Waals surface area contributed by atoms with Crippen LogP contribution in [0, 0.1) is 5.82 Å². The van der Waals surface area contributed by atoms with Crippen molar-refractivity contribution in [3.8, 4) is 0 Å². The highest BCUT2D eigenvalue weighted by atomic mass is 32.2. The Hall–Kier alpha value is -1.50. The zero-order chi connectivity index (χ0) is 26.3. The van der Waals surface area contributed by atoms with Gasteiger partial charge < -0.3 is 18.8 Å². The standard InChI is InChI=1S/C22H31BF4NO5S/c1-9-31-17(29)12-16(28-34(30)19(2,3)4)14-10-13(11-15(18(14)24)22(25,26)27)23-32-20(5,6)21(7,8)33-23/h10-11,16H,9,12H2,1-8H3/q-1/t16-,34?/m0/s1. The van der Waals surface area contributed by atoms with E-state index in [9.17, 15) is 22.2 Å². The molecule has 6 nitrogen and oxygen atoms in total. The fourth-order valence-electron chi connectivity index (χ4n) is 3.09. The summed E-state index contributed by atoms with van der Waals surface area (Å²) in [5.41, 5.74) is -3.89. The van der Waals surface area contributed by atoms with Crippen molar-refractivity contribution in [2.45, 2.75) is 90.0 Å². The quantitative estimate of drug-likeness (QED) is 0.295. The van der Waals surface area contributed by atoms with Gasteiger partial charge in [0.05, 0.1) is 23.4 Å². The number of hydrogen-bond acceptors (Lipinski definition) is 5. The number of rotatable bonds is 7. The Morgan fingerprint density at radius 3 is 2.12 bits per heavy atom. The maximum absolute atomic E-state index is 15.3. The Balaban J connectivity index is 2.65. The van der Waals surface area contributed by atoms with Crippen LogP contribution in [0.3, 0.4) is 0 Å². The van der Waals surface area contributed by atoms with Gasteiger partial charge in [-0.1, -0.05) is 43.9 Å². The molecule has 0 radical (unpaired) electrons. The van der Waals surface area contributed by atoms with Crippen LogP contribution in [0.1, 0.15) is 79.0 Å². The third kappa shape index (κ3) is 6.38. The first-order valence-corrected chi connectivity index (χ1v) is 12.0. The number of hydrogen-bond donors (Lipinski definition) is 0. The summed E-state index contributed by atoms with van der Waals surface area (Å²) >= 11 is 0. The molecule has 1 saturated heterocycles. The van der Waals surface area contributed by atoms with Gasteiger partial charge in [-0.25, -0.2) is 4.39 Å². The predicted molar refractivity (Wildman–Crippen MR) is 122 cm³/mol. The molecule has 2 rings (SSSR count). The van der Waals surface area contributed by atoms with Gasteiger partial charge in [0.15, 0.2) is 0 Å². The van der Waals surface area contributed by atoms with E-state index in [0.717, 1.165) is 6.07 Å². The molecule has 1 aliphatic rings. The second-order valence-corrected chi connectivity index (χ2v) is 12.0. The van der Waals surface area contributed by atoms with Crippen LogP contribution < -0.4 is 5.46 Å². The molecule has 2 atom stereocenters. The first-order valence-electron chi connectivity index (χ1n) is 10.8. The van der Waals surface area contributed by atoms with Crippen molar-refractivity contribution in [3.63, 3.8) is 0 Å². The minimum Gasteiger partial charge on any atom is -0.569 e. The van der Waals surface area contributed by atoms with Gasteiger partial charge in [-0.2, -0.15) is 13.2 Å². The number of alkyl halides is 3. The molecule has 0 bridgehead atoms. The largest absolute Gasteiger partial charge is 0.569 e. The van der Waals surface area contributed by atoms with E-state index in [1.165, 1.54) is 0 Å². The van der Waals surface area contributed by atoms with Crippen molar-refractivity contribution >= 4 is 29.5 Å². The molecule has 0 saturated carbocycles. The van der Waals surface area contributed by atoms with Crippen molar-refractivity contribution < 1.29 is 40.6 Å². The van der Waals surface area contributed by atoms with Crippen molar-refractivity contribution in [1.29, 1.82) is 0 Å². The Kier molecular flexibility index (Phi) is 8.34. The monoisotopic (exact) mass is 508 g/mol. The maximum Gasteiger partial charge on any atom is 0.494 e. The first-order chi connectivity index (χ1) is 15.3. The molecule has 0 aliphatic carbocycles. The third-order valence-electron chi connectivity index (χ3n) is 5.73. The fraction of sp³-hybridized carbons (Fsp3) is 0.682. The number of nitrogens with zero attached hydrogens (tertiary/aromatic N) is 1. The van der Waals surface area contributed by atoms with E-state index in [4.69, 9.17) is 14.0 Å². The van der Waals surface area contributed by atoms with E-state index in [2.05, 4.69) is 4.72 Å². The highest BCUT2D eigenvalue weighted by Gasteiger charge is 2.52. The predicted octanol–water partition coefficient (Wildman–Crippen LogP) is 4.97. The number of carbonyl (C=O) groups is 1. The summed E-state index contributed by atoms with van der Waals surface area (Å²) in [5.74, 6) is -2.41. The topological polar surface area (TPSA) is 75.9 Å². The van der Waals surface area contributed by atoms with Crippen molar-refractivity contribution in [2.24, 2.45) is 0 Å². The molecule has 1 heterocycles. The molecule has 0 N–H and O–H groups in total. The lowest BCUT2D eigenvalue weighted by Crippen LogP contribution is -2.41. The average Bonchev–Trinajstić information content (AvgIpc) is 2.87. The maximum atomic E-state index is 15.3. The van der Waals surface area contributed by atoms with E-state index in [0.29, 0.717) is 6.07 Å². The van der Waals surface area contributed by atoms with Crippen LogP contribution in [0.5, 0.6) is 0 Å². The molecule has 34 heavy (non-hydrogen) atoms. The van der Waals surface area contributed by atoms with Crippen LogP contribution >= 0.6 is 0 Å². The molecule has 1 unspecified atom stereocenters. The number of benzene rings is 1. The summed E-state index contributed by atoms with van der Waals surface area (Å²) in [7, 11) is -3.17. The van der Waals surface area contributed by atoms with Gasteiger partial charge in [0, 0.05) is 11.2 Å². The van der Waals surface area contributed by atoms with E-state index in [1.54, 1.807) is 55.4 Å². The van der Waals surface area contributed by atoms with Crippen molar-refractivity contribution in [1.82, 2.24) is 0 Å². The van der Waals surface area contributed by atoms with Gasteiger partial charge >= 0.3 is 19.3 Å². The van der Waals surface area contributed by atoms with E-state index in [-0.39, 0.29) is 12.1 Å². The van der Waals surface area contributed by atoms with E-state index >= 15 is 4.39 Å². The third-order valence-corrected chi connectivity index (χ3v) is 7.22. The summed E-state index contributed by atoms with van der Waals surface area (Å²) in [6.45, 7) is 13.3. The summed E-state index contributed by atoms with van der Waals surface area (Å²) < 4.78 is 89.1. The minimum absolute atomic E-state index is 0.0121. The van der Waals surface area contributed by atoms with Gasteiger partial charge in [-0.15, -0.1) is 0 Å². The normalized spacial score (nSPS) is 19.7. The van der Waals surface area contributed by atoms with Gasteiger partial charge in [0.2, 0.25) is 0 Å². The Bertz CT molecular complexity index is 930. The lowest BCUT2D eigenvalue weighted by atomic mass is 9.76. The molecule has 0 aromatic heterocycles. The lowest BCUT2D eigenvalue weighted by molar-refractivity contribution is -0.143. The van der Waals surface area contributed by atoms with Crippen LogP contribution in [0.4, 0.5) is 17.6 Å². The van der Waals surface area contributed by atoms with Crippen LogP contribution in [0.25, 0.3) is 4.72 Å². The number of esters is 1. The summed E-state index contributed by atoms with van der Waals surface area (Å²) in [4.78, 5) is 12.2. The van der Waals surface area contributed by atoms with Crippen molar-refractivity contribution in [3.05, 3.63) is 33.8 Å². The lowest BCUT2D eigenvalue weighted by Gasteiger charge is -2.37. The number of halogens is 4. The van der Waals surface area contributed by atoms with Crippen LogP contribution in [0.15, 0.2) is 12.1 Å². The second kappa shape index (κ2) is 9.87. The van der Waals surface area contributed by atoms with Crippen molar-refractivity contribution in [2.75, 3.05) is 6.61 Å². The van der Waals surface area contributed by atoms with Crippen LogP contribution in [-0.2, 0) is 36.0 Å². The molecular weight excluding hydrogens is 477 g/mol. The van der Waals surface area contributed by atoms with Gasteiger partial charge in [-0.05, 0) is 51.7 Å². The molecule has 0 amide bonds. The highest BCUT2D eigenvalue weighted by molar-refractivity contribution is 7.89. The molecule has 0 spiro atoms. The highest BCUT2D eigenvalue weighted by Crippen LogP contribution is 2.40. The Morgan fingerprint density at radius 1 is 1.15 bits per heavy atom. The van der Waals surface area contributed by atoms with Gasteiger partial charge in [-0.3, -0.25) is 9.00 Å². The average molecular weight is 508 g/mol. The Labute approximate surface area is 200 Å². The summed E-state index contributed by atoms with van der Waals surface area (Å²) in [5, 5.41) is 0. The summed E-state index contributed by atoms with van der Waals surface area (Å²) in [6, 6.07) is 0.269. The van der Waals surface area contributed by atoms with Crippen LogP contribution in [0.2, 0.25) is 0 Å². The molecular formula is C22H31BF4NO5S-. The Morgan fingerprint density at radius 2 is 1.68 bits per heavy atom. The number of ether oxygens (including phenoxy) is 1. The molecule has 1 aliphatic heterocycles. The molecule has 192 valence electrons. The molecule has 1 aromatic rings. The molecule has 12 heteroatoms. The number of carbonyl (C=O) groups excluding carboxylic acids is 1. The first kappa shape index (κ1) is 28.7. The van der Waals surface area contributed by atoms with Gasteiger partial charge in [0.1, 0.15) is 5.82 Å². The van der Waals surface area contributed by atoms with E-state index < -0.39 is 75.6 Å². The van der Waals surface area contributed by atoms with E-state index in [1.807, 2.05) is 0 Å². The summed E-state index contributed by atoms with van der Waals surface area (Å²) in [6.07, 6.45) is -5.63. The SMILES string of the molecule is CCOC(=O)C[C@H]([N-]S(=O)C(C)(C)C)c1cc(B2OC(C)(C)C(C)(C)O2)cc(C(F)(F)F)c1F. The zero-order valence-corrected chi connectivity index (χ0v) is 21.4. The second-order valence-electron chi connectivity index (χ2n) is 10.0. The molecule has 1 aromatic carbocycles. The minimum atomic E-state index is -5.05. The smallest absolute Gasteiger partial charge is 0.494 e. The van der Waals surface area contributed by atoms with Gasteiger partial charge in [0.25, 0.3) is 0 Å². The fourth-order valence-corrected chi connectivity index (χ4v) is 3.83.